The van der Waals surface area contributed by atoms with Gasteiger partial charge in [0.2, 0.25) is 5.91 Å². The Hall–Kier alpha value is -1.73. The fraction of sp³-hybridized carbons (Fsp3) is 0.619. The van der Waals surface area contributed by atoms with Crippen molar-refractivity contribution < 1.29 is 27.9 Å². The zero-order valence-electron chi connectivity index (χ0n) is 18.9. The first-order valence-electron chi connectivity index (χ1n) is 10.1. The number of rotatable bonds is 12. The minimum absolute atomic E-state index is 0.190. The SMILES string of the molecule is COC(=O)[C@@H](NC(=O)[C@H](Cc1ccccc1)NP(=O)(OC(C)C)OC(C)C)C(C)C. The van der Waals surface area contributed by atoms with E-state index in [4.69, 9.17) is 13.8 Å². The minimum Gasteiger partial charge on any atom is -0.467 e. The number of carbonyl (C=O) groups is 2. The molecule has 0 bridgehead atoms. The molecule has 0 aliphatic heterocycles. The van der Waals surface area contributed by atoms with Crippen molar-refractivity contribution in [3.8, 4) is 0 Å². The maximum absolute atomic E-state index is 13.3. The molecule has 0 radical (unpaired) electrons. The van der Waals surface area contributed by atoms with Crippen LogP contribution >= 0.6 is 7.75 Å². The van der Waals surface area contributed by atoms with E-state index in [0.29, 0.717) is 0 Å². The van der Waals surface area contributed by atoms with E-state index in [9.17, 15) is 14.2 Å². The Labute approximate surface area is 179 Å². The monoisotopic (exact) mass is 442 g/mol. The average molecular weight is 442 g/mol. The summed E-state index contributed by atoms with van der Waals surface area (Å²) in [4.78, 5) is 25.2. The highest BCUT2D eigenvalue weighted by Crippen LogP contribution is 2.47. The lowest BCUT2D eigenvalue weighted by atomic mass is 10.0. The van der Waals surface area contributed by atoms with Gasteiger partial charge in [0.05, 0.1) is 19.3 Å². The van der Waals surface area contributed by atoms with E-state index in [1.807, 2.05) is 30.3 Å². The van der Waals surface area contributed by atoms with Crippen molar-refractivity contribution in [2.45, 2.75) is 72.3 Å². The van der Waals surface area contributed by atoms with Gasteiger partial charge in [-0.05, 0) is 45.6 Å². The van der Waals surface area contributed by atoms with Crippen molar-refractivity contribution in [1.82, 2.24) is 10.4 Å². The van der Waals surface area contributed by atoms with Crippen molar-refractivity contribution in [2.75, 3.05) is 7.11 Å². The summed E-state index contributed by atoms with van der Waals surface area (Å²) in [6.07, 6.45) is -0.548. The van der Waals surface area contributed by atoms with E-state index in [-0.39, 0.29) is 24.5 Å². The fourth-order valence-corrected chi connectivity index (χ4v) is 4.63. The summed E-state index contributed by atoms with van der Waals surface area (Å²) in [6.45, 7) is 10.5. The lowest BCUT2D eigenvalue weighted by molar-refractivity contribution is -0.146. The smallest absolute Gasteiger partial charge is 0.406 e. The largest absolute Gasteiger partial charge is 0.467 e. The summed E-state index contributed by atoms with van der Waals surface area (Å²) in [5.41, 5.74) is 0.852. The number of methoxy groups -OCH3 is 1. The number of hydrogen-bond acceptors (Lipinski definition) is 6. The highest BCUT2D eigenvalue weighted by atomic mass is 31.2. The number of amides is 1. The van der Waals surface area contributed by atoms with Gasteiger partial charge in [0.15, 0.2) is 0 Å². The highest BCUT2D eigenvalue weighted by Gasteiger charge is 2.36. The van der Waals surface area contributed by atoms with Crippen LogP contribution in [0.15, 0.2) is 30.3 Å². The Morgan fingerprint density at radius 2 is 1.50 bits per heavy atom. The second-order valence-electron chi connectivity index (χ2n) is 7.93. The lowest BCUT2D eigenvalue weighted by Gasteiger charge is -2.29. The number of carbonyl (C=O) groups excluding carboxylic acids is 2. The number of ether oxygens (including phenoxy) is 1. The van der Waals surface area contributed by atoms with Crippen molar-refractivity contribution in [1.29, 1.82) is 0 Å². The van der Waals surface area contributed by atoms with Crippen LogP contribution in [0.1, 0.15) is 47.1 Å². The average Bonchev–Trinajstić information content (AvgIpc) is 2.63. The van der Waals surface area contributed by atoms with Gasteiger partial charge in [-0.3, -0.25) is 13.8 Å². The van der Waals surface area contributed by atoms with Gasteiger partial charge in [0.25, 0.3) is 0 Å². The van der Waals surface area contributed by atoms with Gasteiger partial charge in [-0.2, -0.15) is 0 Å². The molecule has 1 aromatic carbocycles. The summed E-state index contributed by atoms with van der Waals surface area (Å²) in [7, 11) is -2.53. The molecule has 0 spiro atoms. The van der Waals surface area contributed by atoms with Crippen LogP contribution in [0.5, 0.6) is 0 Å². The fourth-order valence-electron chi connectivity index (χ4n) is 2.76. The first-order chi connectivity index (χ1) is 14.0. The van der Waals surface area contributed by atoms with E-state index in [0.717, 1.165) is 5.56 Å². The van der Waals surface area contributed by atoms with Gasteiger partial charge in [-0.15, -0.1) is 0 Å². The summed E-state index contributed by atoms with van der Waals surface area (Å²) >= 11 is 0. The number of nitrogens with one attached hydrogen (secondary N) is 2. The van der Waals surface area contributed by atoms with Gasteiger partial charge in [0.1, 0.15) is 12.1 Å². The number of benzene rings is 1. The van der Waals surface area contributed by atoms with Crippen LogP contribution in [0.25, 0.3) is 0 Å². The van der Waals surface area contributed by atoms with Crippen molar-refractivity contribution in [2.24, 2.45) is 5.92 Å². The number of esters is 1. The van der Waals surface area contributed by atoms with Crippen LogP contribution in [0.3, 0.4) is 0 Å². The van der Waals surface area contributed by atoms with E-state index >= 15 is 0 Å². The maximum Gasteiger partial charge on any atom is 0.406 e. The molecule has 0 saturated heterocycles. The van der Waals surface area contributed by atoms with Gasteiger partial charge in [-0.1, -0.05) is 44.2 Å². The molecule has 0 aliphatic rings. The van der Waals surface area contributed by atoms with Crippen molar-refractivity contribution >= 4 is 19.6 Å². The second kappa shape index (κ2) is 12.2. The number of hydrogen-bond donors (Lipinski definition) is 2. The van der Waals surface area contributed by atoms with Gasteiger partial charge >= 0.3 is 13.7 Å². The molecule has 2 N–H and O–H groups in total. The standard InChI is InChI=1S/C21H35N2O6P/c1-14(2)19(21(25)27-7)22-20(24)18(13-17-11-9-8-10-12-17)23-30(26,28-15(3)4)29-16(5)6/h8-12,14-16,18-19H,13H2,1-7H3,(H,22,24)(H,23,26)/t18-,19-/m0/s1. The molecule has 9 heteroatoms. The van der Waals surface area contributed by atoms with E-state index in [2.05, 4.69) is 10.4 Å². The van der Waals surface area contributed by atoms with Gasteiger partial charge in [0, 0.05) is 0 Å². The molecule has 0 saturated carbocycles. The molecule has 0 unspecified atom stereocenters. The quantitative estimate of drug-likeness (QED) is 0.377. The molecule has 170 valence electrons. The Morgan fingerprint density at radius 3 is 1.93 bits per heavy atom. The van der Waals surface area contributed by atoms with Crippen LogP contribution in [0.2, 0.25) is 0 Å². The zero-order valence-corrected chi connectivity index (χ0v) is 19.8. The molecule has 1 aromatic rings. The first-order valence-corrected chi connectivity index (χ1v) is 11.7. The summed E-state index contributed by atoms with van der Waals surface area (Å²) < 4.78 is 29.2. The molecule has 0 aliphatic carbocycles. The Balaban J connectivity index is 3.18. The summed E-state index contributed by atoms with van der Waals surface area (Å²) in [5, 5.41) is 5.50. The predicted molar refractivity (Wildman–Crippen MR) is 116 cm³/mol. The molecule has 30 heavy (non-hydrogen) atoms. The molecule has 2 atom stereocenters. The van der Waals surface area contributed by atoms with E-state index in [1.165, 1.54) is 7.11 Å². The Kier molecular flexibility index (Phi) is 10.7. The molecular formula is C21H35N2O6P. The van der Waals surface area contributed by atoms with Crippen molar-refractivity contribution in [3.05, 3.63) is 35.9 Å². The highest BCUT2D eigenvalue weighted by molar-refractivity contribution is 7.51. The summed E-state index contributed by atoms with van der Waals surface area (Å²) in [6, 6.07) is 7.50. The topological polar surface area (TPSA) is 103 Å². The lowest BCUT2D eigenvalue weighted by Crippen LogP contribution is -2.52. The third kappa shape index (κ3) is 8.96. The van der Waals surface area contributed by atoms with Crippen LogP contribution in [-0.2, 0) is 34.4 Å². The van der Waals surface area contributed by atoms with Crippen molar-refractivity contribution in [3.63, 3.8) is 0 Å². The summed E-state index contributed by atoms with van der Waals surface area (Å²) in [5.74, 6) is -1.23. The molecular weight excluding hydrogens is 407 g/mol. The van der Waals surface area contributed by atoms with Crippen LogP contribution in [0.4, 0.5) is 0 Å². The molecule has 8 nitrogen and oxygen atoms in total. The Morgan fingerprint density at radius 1 is 0.967 bits per heavy atom. The van der Waals surface area contributed by atoms with Gasteiger partial charge < -0.3 is 10.1 Å². The zero-order chi connectivity index (χ0) is 22.9. The first kappa shape index (κ1) is 26.3. The van der Waals surface area contributed by atoms with E-state index < -0.39 is 31.7 Å². The molecule has 0 fully saturated rings. The Bertz CT molecular complexity index is 709. The minimum atomic E-state index is -3.80. The van der Waals surface area contributed by atoms with Crippen LogP contribution in [-0.4, -0.2) is 43.3 Å². The third-order valence-electron chi connectivity index (χ3n) is 4.03. The normalized spacial score (nSPS) is 14.1. The molecule has 1 amide bonds. The predicted octanol–water partition coefficient (Wildman–Crippen LogP) is 3.46. The second-order valence-corrected chi connectivity index (χ2v) is 9.61. The molecule has 1 rings (SSSR count). The van der Waals surface area contributed by atoms with Crippen LogP contribution < -0.4 is 10.4 Å². The van der Waals surface area contributed by atoms with Crippen LogP contribution in [0, 0.1) is 5.92 Å². The van der Waals surface area contributed by atoms with E-state index in [1.54, 1.807) is 41.5 Å². The molecule has 0 heterocycles. The third-order valence-corrected chi connectivity index (χ3v) is 6.06. The molecule has 0 aromatic heterocycles. The van der Waals surface area contributed by atoms with Gasteiger partial charge in [-0.25, -0.2) is 14.4 Å². The maximum atomic E-state index is 13.3.